The Labute approximate surface area is 92.3 Å². The number of rotatable bonds is 4. The van der Waals surface area contributed by atoms with Crippen LogP contribution in [0.3, 0.4) is 0 Å². The quantitative estimate of drug-likeness (QED) is 0.848. The minimum Gasteiger partial charge on any atom is -0.360 e. The van der Waals surface area contributed by atoms with E-state index in [0.29, 0.717) is 6.54 Å². The van der Waals surface area contributed by atoms with Crippen molar-refractivity contribution in [3.63, 3.8) is 0 Å². The number of halogens is 1. The zero-order chi connectivity index (χ0) is 11.4. The first kappa shape index (κ1) is 10.5. The fourth-order valence-electron chi connectivity index (χ4n) is 1.36. The predicted octanol–water partition coefficient (Wildman–Crippen LogP) is 1.44. The molecule has 0 saturated carbocycles. The highest BCUT2D eigenvalue weighted by Crippen LogP contribution is 2.09. The average Bonchev–Trinajstić information content (AvgIpc) is 2.75. The molecule has 84 valence electrons. The van der Waals surface area contributed by atoms with Crippen molar-refractivity contribution >= 4 is 5.82 Å². The molecule has 2 heterocycles. The zero-order valence-electron chi connectivity index (χ0n) is 8.89. The lowest BCUT2D eigenvalue weighted by Gasteiger charge is -2.06. The summed E-state index contributed by atoms with van der Waals surface area (Å²) in [5.41, 5.74) is 0. The van der Waals surface area contributed by atoms with Crippen LogP contribution in [0.1, 0.15) is 12.7 Å². The molecule has 2 rings (SSSR count). The Bertz CT molecular complexity index is 468. The van der Waals surface area contributed by atoms with E-state index in [0.717, 1.165) is 12.4 Å². The van der Waals surface area contributed by atoms with E-state index >= 15 is 0 Å². The maximum Gasteiger partial charge on any atom is 0.165 e. The second-order valence-electron chi connectivity index (χ2n) is 3.22. The van der Waals surface area contributed by atoms with Crippen LogP contribution in [0.5, 0.6) is 0 Å². The Morgan fingerprint density at radius 1 is 1.50 bits per heavy atom. The van der Waals surface area contributed by atoms with E-state index < -0.39 is 0 Å². The second kappa shape index (κ2) is 4.69. The molecule has 1 N–H and O–H groups in total. The van der Waals surface area contributed by atoms with Gasteiger partial charge in [-0.25, -0.2) is 9.37 Å². The highest BCUT2D eigenvalue weighted by molar-refractivity contribution is 5.35. The molecule has 0 amide bonds. The monoisotopic (exact) mass is 221 g/mol. The molecule has 0 fully saturated rings. The molecule has 0 aliphatic rings. The van der Waals surface area contributed by atoms with Gasteiger partial charge >= 0.3 is 0 Å². The van der Waals surface area contributed by atoms with Crippen molar-refractivity contribution in [1.82, 2.24) is 19.7 Å². The van der Waals surface area contributed by atoms with E-state index in [4.69, 9.17) is 0 Å². The topological polar surface area (TPSA) is 55.6 Å². The minimum atomic E-state index is -0.370. The molecular formula is C10H12FN5. The third-order valence-corrected chi connectivity index (χ3v) is 2.21. The van der Waals surface area contributed by atoms with Crippen LogP contribution >= 0.6 is 0 Å². The SMILES string of the molecule is CCn1cnnc1CNc1ncccc1F. The molecule has 0 aromatic carbocycles. The Balaban J connectivity index is 2.05. The third-order valence-electron chi connectivity index (χ3n) is 2.21. The number of anilines is 1. The summed E-state index contributed by atoms with van der Waals surface area (Å²) in [5, 5.41) is 10.6. The van der Waals surface area contributed by atoms with Crippen molar-refractivity contribution in [3.05, 3.63) is 36.3 Å². The largest absolute Gasteiger partial charge is 0.360 e. The van der Waals surface area contributed by atoms with Gasteiger partial charge in [-0.05, 0) is 19.1 Å². The van der Waals surface area contributed by atoms with Crippen LogP contribution in [0.4, 0.5) is 10.2 Å². The highest BCUT2D eigenvalue weighted by Gasteiger charge is 2.05. The summed E-state index contributed by atoms with van der Waals surface area (Å²) >= 11 is 0. The number of hydrogen-bond donors (Lipinski definition) is 1. The summed E-state index contributed by atoms with van der Waals surface area (Å²) in [6.45, 7) is 3.19. The molecular weight excluding hydrogens is 209 g/mol. The van der Waals surface area contributed by atoms with E-state index in [1.54, 1.807) is 12.4 Å². The van der Waals surface area contributed by atoms with Crippen molar-refractivity contribution in [3.8, 4) is 0 Å². The van der Waals surface area contributed by atoms with Crippen LogP contribution in [0.15, 0.2) is 24.7 Å². The number of nitrogens with zero attached hydrogens (tertiary/aromatic N) is 4. The molecule has 16 heavy (non-hydrogen) atoms. The minimum absolute atomic E-state index is 0.230. The third kappa shape index (κ3) is 2.16. The van der Waals surface area contributed by atoms with Crippen molar-refractivity contribution in [2.24, 2.45) is 0 Å². The molecule has 0 unspecified atom stereocenters. The average molecular weight is 221 g/mol. The fourth-order valence-corrected chi connectivity index (χ4v) is 1.36. The molecule has 5 nitrogen and oxygen atoms in total. The molecule has 0 aliphatic carbocycles. The Morgan fingerprint density at radius 3 is 3.12 bits per heavy atom. The van der Waals surface area contributed by atoms with E-state index in [1.807, 2.05) is 11.5 Å². The van der Waals surface area contributed by atoms with Gasteiger partial charge in [-0.2, -0.15) is 0 Å². The molecule has 0 bridgehead atoms. The van der Waals surface area contributed by atoms with E-state index in [1.165, 1.54) is 12.3 Å². The summed E-state index contributed by atoms with van der Waals surface area (Å²) in [5.74, 6) is 0.616. The van der Waals surface area contributed by atoms with Crippen LogP contribution in [0.2, 0.25) is 0 Å². The first-order chi connectivity index (χ1) is 7.81. The lowest BCUT2D eigenvalue weighted by molar-refractivity contribution is 0.622. The number of aryl methyl sites for hydroxylation is 1. The first-order valence-electron chi connectivity index (χ1n) is 5.02. The van der Waals surface area contributed by atoms with Gasteiger partial charge in [0.25, 0.3) is 0 Å². The summed E-state index contributed by atoms with van der Waals surface area (Å²) in [6.07, 6.45) is 3.18. The summed E-state index contributed by atoms with van der Waals surface area (Å²) in [7, 11) is 0. The number of aromatic nitrogens is 4. The number of hydrogen-bond acceptors (Lipinski definition) is 4. The van der Waals surface area contributed by atoms with Crippen molar-refractivity contribution in [1.29, 1.82) is 0 Å². The van der Waals surface area contributed by atoms with E-state index in [2.05, 4.69) is 20.5 Å². The molecule has 6 heteroatoms. The van der Waals surface area contributed by atoms with Gasteiger partial charge in [0.1, 0.15) is 6.33 Å². The predicted molar refractivity (Wildman–Crippen MR) is 57.2 cm³/mol. The van der Waals surface area contributed by atoms with E-state index in [9.17, 15) is 4.39 Å². The van der Waals surface area contributed by atoms with Gasteiger partial charge in [-0.3, -0.25) is 0 Å². The van der Waals surface area contributed by atoms with Crippen molar-refractivity contribution < 1.29 is 4.39 Å². The second-order valence-corrected chi connectivity index (χ2v) is 3.22. The van der Waals surface area contributed by atoms with Gasteiger partial charge in [0, 0.05) is 12.7 Å². The van der Waals surface area contributed by atoms with Crippen LogP contribution in [0.25, 0.3) is 0 Å². The number of pyridine rings is 1. The summed E-state index contributed by atoms with van der Waals surface area (Å²) < 4.78 is 15.1. The van der Waals surface area contributed by atoms with Crippen LogP contribution in [0, 0.1) is 5.82 Å². The van der Waals surface area contributed by atoms with Gasteiger partial charge < -0.3 is 9.88 Å². The molecule has 0 aliphatic heterocycles. The standard InChI is InChI=1S/C10H12FN5/c1-2-16-7-14-15-9(16)6-13-10-8(11)4-3-5-12-10/h3-5,7H,2,6H2,1H3,(H,12,13). The van der Waals surface area contributed by atoms with Crippen molar-refractivity contribution in [2.45, 2.75) is 20.0 Å². The fraction of sp³-hybridized carbons (Fsp3) is 0.300. The van der Waals surface area contributed by atoms with E-state index in [-0.39, 0.29) is 11.6 Å². The molecule has 2 aromatic heterocycles. The maximum atomic E-state index is 13.2. The first-order valence-corrected chi connectivity index (χ1v) is 5.02. The van der Waals surface area contributed by atoms with Gasteiger partial charge in [0.15, 0.2) is 17.5 Å². The highest BCUT2D eigenvalue weighted by atomic mass is 19.1. The smallest absolute Gasteiger partial charge is 0.165 e. The van der Waals surface area contributed by atoms with Crippen LogP contribution in [-0.4, -0.2) is 19.7 Å². The lowest BCUT2D eigenvalue weighted by Crippen LogP contribution is -2.09. The van der Waals surface area contributed by atoms with Gasteiger partial charge in [0.05, 0.1) is 6.54 Å². The molecule has 0 spiro atoms. The maximum absolute atomic E-state index is 13.2. The number of nitrogens with one attached hydrogen (secondary N) is 1. The Morgan fingerprint density at radius 2 is 2.38 bits per heavy atom. The summed E-state index contributed by atoms with van der Waals surface area (Å²) in [4.78, 5) is 3.89. The van der Waals surface area contributed by atoms with Crippen LogP contribution < -0.4 is 5.32 Å². The molecule has 0 atom stereocenters. The molecule has 0 saturated heterocycles. The van der Waals surface area contributed by atoms with Gasteiger partial charge in [-0.15, -0.1) is 10.2 Å². The van der Waals surface area contributed by atoms with Gasteiger partial charge in [-0.1, -0.05) is 0 Å². The van der Waals surface area contributed by atoms with Crippen molar-refractivity contribution in [2.75, 3.05) is 5.32 Å². The van der Waals surface area contributed by atoms with Crippen LogP contribution in [-0.2, 0) is 13.1 Å². The van der Waals surface area contributed by atoms with Gasteiger partial charge in [0.2, 0.25) is 0 Å². The molecule has 0 radical (unpaired) electrons. The zero-order valence-corrected chi connectivity index (χ0v) is 8.89. The summed E-state index contributed by atoms with van der Waals surface area (Å²) in [6, 6.07) is 2.91. The normalized spacial score (nSPS) is 10.4. The Hall–Kier alpha value is -1.98. The molecule has 2 aromatic rings. The lowest BCUT2D eigenvalue weighted by atomic mass is 10.4. The Kier molecular flexibility index (Phi) is 3.09.